The van der Waals surface area contributed by atoms with Crippen LogP contribution in [0.4, 0.5) is 4.39 Å². The fraction of sp³-hybridized carbons (Fsp3) is 0.417. The first-order chi connectivity index (χ1) is 7.15. The maximum absolute atomic E-state index is 13.1. The van der Waals surface area contributed by atoms with E-state index in [1.807, 2.05) is 13.1 Å². The maximum atomic E-state index is 13.1. The van der Waals surface area contributed by atoms with E-state index in [1.54, 1.807) is 6.07 Å². The lowest BCUT2D eigenvalue weighted by Gasteiger charge is -2.15. The summed E-state index contributed by atoms with van der Waals surface area (Å²) in [6, 6.07) is 6.42. The standard InChI is InChI=1S/C12H15FN2/c1-3-4-15(2)9-11-5-10(8-14)6-12(13)7-11/h5-7H,3-4,9H2,1-2H3. The van der Waals surface area contributed by atoms with Crippen molar-refractivity contribution in [3.05, 3.63) is 35.1 Å². The largest absolute Gasteiger partial charge is 0.302 e. The van der Waals surface area contributed by atoms with Crippen LogP contribution in [-0.2, 0) is 6.54 Å². The summed E-state index contributed by atoms with van der Waals surface area (Å²) in [5, 5.41) is 8.69. The van der Waals surface area contributed by atoms with Gasteiger partial charge in [-0.05, 0) is 43.8 Å². The molecule has 1 aromatic rings. The van der Waals surface area contributed by atoms with E-state index in [1.165, 1.54) is 12.1 Å². The summed E-state index contributed by atoms with van der Waals surface area (Å²) >= 11 is 0. The number of benzene rings is 1. The summed E-state index contributed by atoms with van der Waals surface area (Å²) in [7, 11) is 1.99. The van der Waals surface area contributed by atoms with E-state index >= 15 is 0 Å². The molecular formula is C12H15FN2. The number of nitrogens with zero attached hydrogens (tertiary/aromatic N) is 2. The third kappa shape index (κ3) is 3.69. The Hall–Kier alpha value is -1.40. The van der Waals surface area contributed by atoms with Crippen LogP contribution in [0.25, 0.3) is 0 Å². The molecule has 0 heterocycles. The lowest BCUT2D eigenvalue weighted by molar-refractivity contribution is 0.327. The summed E-state index contributed by atoms with van der Waals surface area (Å²) in [5.41, 5.74) is 1.23. The van der Waals surface area contributed by atoms with Gasteiger partial charge in [-0.2, -0.15) is 5.26 Å². The minimum absolute atomic E-state index is 0.339. The highest BCUT2D eigenvalue weighted by molar-refractivity contribution is 5.33. The average molecular weight is 206 g/mol. The van der Waals surface area contributed by atoms with Crippen LogP contribution < -0.4 is 0 Å². The van der Waals surface area contributed by atoms with E-state index in [-0.39, 0.29) is 5.82 Å². The Kier molecular flexibility index (Phi) is 4.26. The van der Waals surface area contributed by atoms with Crippen LogP contribution in [0.2, 0.25) is 0 Å². The van der Waals surface area contributed by atoms with Crippen LogP contribution >= 0.6 is 0 Å². The van der Waals surface area contributed by atoms with Crippen molar-refractivity contribution in [2.45, 2.75) is 19.9 Å². The number of halogens is 1. The van der Waals surface area contributed by atoms with Crippen LogP contribution in [0.5, 0.6) is 0 Å². The van der Waals surface area contributed by atoms with Crippen LogP contribution in [0.3, 0.4) is 0 Å². The predicted molar refractivity (Wildman–Crippen MR) is 57.7 cm³/mol. The van der Waals surface area contributed by atoms with Crippen LogP contribution in [-0.4, -0.2) is 18.5 Å². The molecule has 2 nitrogen and oxygen atoms in total. The summed E-state index contributed by atoms with van der Waals surface area (Å²) < 4.78 is 13.1. The molecule has 0 aromatic heterocycles. The zero-order valence-corrected chi connectivity index (χ0v) is 9.13. The summed E-state index contributed by atoms with van der Waals surface area (Å²) in [4.78, 5) is 2.11. The van der Waals surface area contributed by atoms with Crippen molar-refractivity contribution in [3.8, 4) is 6.07 Å². The van der Waals surface area contributed by atoms with Crippen molar-refractivity contribution < 1.29 is 4.39 Å². The smallest absolute Gasteiger partial charge is 0.124 e. The Balaban J connectivity index is 2.77. The Morgan fingerprint density at radius 1 is 1.40 bits per heavy atom. The van der Waals surface area contributed by atoms with E-state index in [9.17, 15) is 4.39 Å². The van der Waals surface area contributed by atoms with E-state index < -0.39 is 0 Å². The SMILES string of the molecule is CCCN(C)Cc1cc(F)cc(C#N)c1. The van der Waals surface area contributed by atoms with Crippen LogP contribution in [0, 0.1) is 17.1 Å². The van der Waals surface area contributed by atoms with Gasteiger partial charge >= 0.3 is 0 Å². The molecule has 3 heteroatoms. The van der Waals surface area contributed by atoms with Gasteiger partial charge in [0, 0.05) is 6.54 Å². The average Bonchev–Trinajstić information content (AvgIpc) is 2.17. The minimum atomic E-state index is -0.339. The van der Waals surface area contributed by atoms with Gasteiger partial charge in [-0.3, -0.25) is 0 Å². The molecule has 0 aliphatic rings. The number of hydrogen-bond acceptors (Lipinski definition) is 2. The van der Waals surface area contributed by atoms with Crippen molar-refractivity contribution >= 4 is 0 Å². The highest BCUT2D eigenvalue weighted by Gasteiger charge is 2.03. The second kappa shape index (κ2) is 5.47. The van der Waals surface area contributed by atoms with Crippen molar-refractivity contribution in [3.63, 3.8) is 0 Å². The Labute approximate surface area is 89.9 Å². The van der Waals surface area contributed by atoms with Gasteiger partial charge in [0.15, 0.2) is 0 Å². The molecule has 0 spiro atoms. The second-order valence-electron chi connectivity index (χ2n) is 3.70. The van der Waals surface area contributed by atoms with E-state index in [4.69, 9.17) is 5.26 Å². The van der Waals surface area contributed by atoms with Crippen LogP contribution in [0.15, 0.2) is 18.2 Å². The predicted octanol–water partition coefficient (Wildman–Crippen LogP) is 2.54. The number of nitriles is 1. The molecule has 0 N–H and O–H groups in total. The highest BCUT2D eigenvalue weighted by Crippen LogP contribution is 2.10. The molecule has 0 bridgehead atoms. The van der Waals surface area contributed by atoms with Gasteiger partial charge in [0.25, 0.3) is 0 Å². The first kappa shape index (κ1) is 11.7. The lowest BCUT2D eigenvalue weighted by Crippen LogP contribution is -2.18. The molecule has 15 heavy (non-hydrogen) atoms. The monoisotopic (exact) mass is 206 g/mol. The van der Waals surface area contributed by atoms with Gasteiger partial charge in [-0.1, -0.05) is 6.92 Å². The van der Waals surface area contributed by atoms with Gasteiger partial charge < -0.3 is 4.90 Å². The van der Waals surface area contributed by atoms with E-state index in [0.717, 1.165) is 18.5 Å². The molecule has 0 unspecified atom stereocenters. The third-order valence-corrected chi connectivity index (χ3v) is 2.14. The fourth-order valence-electron chi connectivity index (χ4n) is 1.58. The Bertz CT molecular complexity index is 368. The fourth-order valence-corrected chi connectivity index (χ4v) is 1.58. The molecule has 80 valence electrons. The van der Waals surface area contributed by atoms with Crippen molar-refractivity contribution in [2.24, 2.45) is 0 Å². The summed E-state index contributed by atoms with van der Waals surface area (Å²) in [6.07, 6.45) is 1.07. The quantitative estimate of drug-likeness (QED) is 0.757. The zero-order valence-electron chi connectivity index (χ0n) is 9.13. The molecule has 0 aliphatic carbocycles. The number of hydrogen-bond donors (Lipinski definition) is 0. The summed E-state index contributed by atoms with van der Waals surface area (Å²) in [6.45, 7) is 3.75. The summed E-state index contributed by atoms with van der Waals surface area (Å²) in [5.74, 6) is -0.339. The van der Waals surface area contributed by atoms with E-state index in [0.29, 0.717) is 12.1 Å². The molecule has 0 saturated carbocycles. The van der Waals surface area contributed by atoms with Gasteiger partial charge in [0.1, 0.15) is 5.82 Å². The normalized spacial score (nSPS) is 10.3. The maximum Gasteiger partial charge on any atom is 0.124 e. The van der Waals surface area contributed by atoms with E-state index in [2.05, 4.69) is 11.8 Å². The first-order valence-corrected chi connectivity index (χ1v) is 5.03. The van der Waals surface area contributed by atoms with Crippen molar-refractivity contribution in [1.82, 2.24) is 4.90 Å². The molecule has 1 rings (SSSR count). The van der Waals surface area contributed by atoms with Crippen molar-refractivity contribution in [2.75, 3.05) is 13.6 Å². The molecule has 0 aliphatic heterocycles. The van der Waals surface area contributed by atoms with Crippen LogP contribution in [0.1, 0.15) is 24.5 Å². The molecule has 0 radical (unpaired) electrons. The molecule has 1 aromatic carbocycles. The van der Waals surface area contributed by atoms with Gasteiger partial charge in [-0.15, -0.1) is 0 Å². The third-order valence-electron chi connectivity index (χ3n) is 2.14. The van der Waals surface area contributed by atoms with Crippen molar-refractivity contribution in [1.29, 1.82) is 5.26 Å². The topological polar surface area (TPSA) is 27.0 Å². The Morgan fingerprint density at radius 3 is 2.73 bits per heavy atom. The molecular weight excluding hydrogens is 191 g/mol. The molecule has 0 atom stereocenters. The minimum Gasteiger partial charge on any atom is -0.302 e. The lowest BCUT2D eigenvalue weighted by atomic mass is 10.1. The molecule has 0 amide bonds. The highest BCUT2D eigenvalue weighted by atomic mass is 19.1. The second-order valence-corrected chi connectivity index (χ2v) is 3.70. The van der Waals surface area contributed by atoms with Gasteiger partial charge in [0.2, 0.25) is 0 Å². The molecule has 0 fully saturated rings. The van der Waals surface area contributed by atoms with Gasteiger partial charge in [-0.25, -0.2) is 4.39 Å². The Morgan fingerprint density at radius 2 is 2.13 bits per heavy atom. The first-order valence-electron chi connectivity index (χ1n) is 5.03. The van der Waals surface area contributed by atoms with Gasteiger partial charge in [0.05, 0.1) is 11.6 Å². The molecule has 0 saturated heterocycles. The number of rotatable bonds is 4. The zero-order chi connectivity index (χ0) is 11.3.